The average molecular weight is 286 g/mol. The second-order valence-corrected chi connectivity index (χ2v) is 6.12. The Balaban J connectivity index is 2.19. The van der Waals surface area contributed by atoms with Crippen LogP contribution in [0.15, 0.2) is 6.20 Å². The molecule has 0 saturated heterocycles. The predicted molar refractivity (Wildman–Crippen MR) is 77.6 cm³/mol. The highest BCUT2D eigenvalue weighted by molar-refractivity contribution is 6.31. The lowest BCUT2D eigenvalue weighted by atomic mass is 9.93. The number of aliphatic hydroxyl groups is 1. The molecule has 5 heteroatoms. The summed E-state index contributed by atoms with van der Waals surface area (Å²) >= 11 is 6.30. The summed E-state index contributed by atoms with van der Waals surface area (Å²) in [5, 5.41) is 15.4. The third-order valence-corrected chi connectivity index (χ3v) is 4.21. The van der Waals surface area contributed by atoms with Gasteiger partial charge in [-0.15, -0.1) is 0 Å². The van der Waals surface area contributed by atoms with Crippen molar-refractivity contribution in [2.24, 2.45) is 0 Å². The molecule has 0 radical (unpaired) electrons. The third kappa shape index (κ3) is 3.71. The minimum Gasteiger partial charge on any atom is -0.392 e. The first-order chi connectivity index (χ1) is 9.09. The summed E-state index contributed by atoms with van der Waals surface area (Å²) in [6.07, 6.45) is 6.79. The number of halogens is 1. The lowest BCUT2D eigenvalue weighted by Gasteiger charge is -2.22. The smallest absolute Gasteiger partial charge is 0.0821 e. The van der Waals surface area contributed by atoms with Crippen LogP contribution in [0.1, 0.15) is 43.7 Å². The zero-order valence-electron chi connectivity index (χ0n) is 11.8. The molecule has 1 N–H and O–H groups in total. The van der Waals surface area contributed by atoms with Gasteiger partial charge in [-0.2, -0.15) is 5.10 Å². The van der Waals surface area contributed by atoms with Crippen molar-refractivity contribution >= 4 is 11.6 Å². The normalized spacial score (nSPS) is 24.7. The van der Waals surface area contributed by atoms with Crippen LogP contribution in [0.25, 0.3) is 0 Å². The highest BCUT2D eigenvalue weighted by Crippen LogP contribution is 2.35. The van der Waals surface area contributed by atoms with Crippen LogP contribution in [0.3, 0.4) is 0 Å². The van der Waals surface area contributed by atoms with Gasteiger partial charge in [0.25, 0.3) is 0 Å². The van der Waals surface area contributed by atoms with E-state index in [1.54, 1.807) is 6.20 Å². The Bertz CT molecular complexity index is 405. The summed E-state index contributed by atoms with van der Waals surface area (Å²) in [7, 11) is 4.09. The van der Waals surface area contributed by atoms with Gasteiger partial charge in [0.05, 0.1) is 29.6 Å². The third-order valence-electron chi connectivity index (χ3n) is 3.92. The molecule has 2 unspecified atom stereocenters. The van der Waals surface area contributed by atoms with Gasteiger partial charge < -0.3 is 10.0 Å². The largest absolute Gasteiger partial charge is 0.392 e. The van der Waals surface area contributed by atoms with E-state index in [1.807, 2.05) is 18.8 Å². The number of hydrogen-bond acceptors (Lipinski definition) is 3. The number of hydrogen-bond donors (Lipinski definition) is 1. The number of nitrogens with zero attached hydrogens (tertiary/aromatic N) is 3. The second-order valence-electron chi connectivity index (χ2n) is 5.72. The molecule has 1 aromatic heterocycles. The van der Waals surface area contributed by atoms with Crippen molar-refractivity contribution in [2.75, 3.05) is 20.6 Å². The van der Waals surface area contributed by atoms with Crippen LogP contribution in [0, 0.1) is 0 Å². The van der Waals surface area contributed by atoms with Crippen LogP contribution in [0.2, 0.25) is 5.02 Å². The summed E-state index contributed by atoms with van der Waals surface area (Å²) in [4.78, 5) is 2.13. The van der Waals surface area contributed by atoms with Crippen LogP contribution < -0.4 is 0 Å². The van der Waals surface area contributed by atoms with Gasteiger partial charge in [0.15, 0.2) is 0 Å². The van der Waals surface area contributed by atoms with E-state index in [0.29, 0.717) is 5.02 Å². The lowest BCUT2D eigenvalue weighted by Crippen LogP contribution is -2.24. The van der Waals surface area contributed by atoms with Crippen molar-refractivity contribution in [3.8, 4) is 0 Å². The van der Waals surface area contributed by atoms with Gasteiger partial charge >= 0.3 is 0 Å². The van der Waals surface area contributed by atoms with E-state index in [0.717, 1.165) is 44.5 Å². The van der Waals surface area contributed by atoms with Crippen LogP contribution in [-0.4, -0.2) is 46.5 Å². The van der Waals surface area contributed by atoms with Crippen molar-refractivity contribution < 1.29 is 5.11 Å². The molecule has 0 aromatic carbocycles. The SMILES string of the molecule is CN(C)CCn1ncc(Cl)c1C1CCCCCC1O. The van der Waals surface area contributed by atoms with Crippen molar-refractivity contribution in [2.45, 2.75) is 50.7 Å². The molecule has 1 saturated carbocycles. The lowest BCUT2D eigenvalue weighted by molar-refractivity contribution is 0.131. The van der Waals surface area contributed by atoms with Crippen LogP contribution in [0.5, 0.6) is 0 Å². The molecule has 1 heterocycles. The van der Waals surface area contributed by atoms with Crippen molar-refractivity contribution in [3.05, 3.63) is 16.9 Å². The number of rotatable bonds is 4. The Hall–Kier alpha value is -0.580. The minimum atomic E-state index is -0.283. The van der Waals surface area contributed by atoms with Gasteiger partial charge in [-0.3, -0.25) is 4.68 Å². The second kappa shape index (κ2) is 6.73. The van der Waals surface area contributed by atoms with Crippen molar-refractivity contribution in [3.63, 3.8) is 0 Å². The molecule has 108 valence electrons. The van der Waals surface area contributed by atoms with E-state index >= 15 is 0 Å². The number of aliphatic hydroxyl groups excluding tert-OH is 1. The molecule has 2 atom stereocenters. The monoisotopic (exact) mass is 285 g/mol. The first kappa shape index (κ1) is 14.8. The average Bonchev–Trinajstić information content (AvgIpc) is 2.58. The molecule has 0 bridgehead atoms. The molecular weight excluding hydrogens is 262 g/mol. The summed E-state index contributed by atoms with van der Waals surface area (Å²) in [5.41, 5.74) is 1.03. The molecule has 1 fully saturated rings. The van der Waals surface area contributed by atoms with E-state index in [2.05, 4.69) is 10.00 Å². The maximum Gasteiger partial charge on any atom is 0.0821 e. The van der Waals surface area contributed by atoms with Crippen LogP contribution in [0.4, 0.5) is 0 Å². The fraction of sp³-hybridized carbons (Fsp3) is 0.786. The quantitative estimate of drug-likeness (QED) is 0.864. The molecule has 2 rings (SSSR count). The first-order valence-electron chi connectivity index (χ1n) is 7.13. The van der Waals surface area contributed by atoms with E-state index in [1.165, 1.54) is 6.42 Å². The minimum absolute atomic E-state index is 0.139. The summed E-state index contributed by atoms with van der Waals surface area (Å²) in [6, 6.07) is 0. The van der Waals surface area contributed by atoms with E-state index in [9.17, 15) is 5.11 Å². The maximum atomic E-state index is 10.3. The number of aromatic nitrogens is 2. The molecule has 0 aliphatic heterocycles. The molecule has 1 aliphatic carbocycles. The van der Waals surface area contributed by atoms with Gasteiger partial charge in [-0.05, 0) is 26.9 Å². The zero-order chi connectivity index (χ0) is 13.8. The zero-order valence-corrected chi connectivity index (χ0v) is 12.6. The molecular formula is C14H24ClN3O. The van der Waals surface area contributed by atoms with Crippen molar-refractivity contribution in [1.82, 2.24) is 14.7 Å². The van der Waals surface area contributed by atoms with Gasteiger partial charge in [0, 0.05) is 12.5 Å². The molecule has 1 aliphatic rings. The Morgan fingerprint density at radius 3 is 2.84 bits per heavy atom. The fourth-order valence-corrected chi connectivity index (χ4v) is 3.10. The Kier molecular flexibility index (Phi) is 5.25. The summed E-state index contributed by atoms with van der Waals surface area (Å²) < 4.78 is 1.97. The predicted octanol–water partition coefficient (Wildman–Crippen LogP) is 2.51. The first-order valence-corrected chi connectivity index (χ1v) is 7.51. The van der Waals surface area contributed by atoms with E-state index in [-0.39, 0.29) is 12.0 Å². The highest BCUT2D eigenvalue weighted by atomic mass is 35.5. The standard InChI is InChI=1S/C14H24ClN3O/c1-17(2)8-9-18-14(12(15)10-16-18)11-6-4-3-5-7-13(11)19/h10-11,13,19H,3-9H2,1-2H3. The Morgan fingerprint density at radius 2 is 2.11 bits per heavy atom. The number of likely N-dealkylation sites (N-methyl/N-ethyl adjacent to an activating group) is 1. The summed E-state index contributed by atoms with van der Waals surface area (Å²) in [6.45, 7) is 1.74. The molecule has 19 heavy (non-hydrogen) atoms. The Morgan fingerprint density at radius 1 is 1.37 bits per heavy atom. The van der Waals surface area contributed by atoms with Gasteiger partial charge in [0.2, 0.25) is 0 Å². The summed E-state index contributed by atoms with van der Waals surface area (Å²) in [5.74, 6) is 0.139. The van der Waals surface area contributed by atoms with Crippen LogP contribution in [-0.2, 0) is 6.54 Å². The Labute approximate surface area is 120 Å². The molecule has 0 amide bonds. The molecule has 1 aromatic rings. The molecule has 4 nitrogen and oxygen atoms in total. The van der Waals surface area contributed by atoms with E-state index < -0.39 is 0 Å². The van der Waals surface area contributed by atoms with Gasteiger partial charge in [-0.1, -0.05) is 30.9 Å². The van der Waals surface area contributed by atoms with Crippen molar-refractivity contribution in [1.29, 1.82) is 0 Å². The topological polar surface area (TPSA) is 41.3 Å². The highest BCUT2D eigenvalue weighted by Gasteiger charge is 2.28. The van der Waals surface area contributed by atoms with E-state index in [4.69, 9.17) is 11.6 Å². The van der Waals surface area contributed by atoms with Gasteiger partial charge in [-0.25, -0.2) is 0 Å². The van der Waals surface area contributed by atoms with Gasteiger partial charge in [0.1, 0.15) is 0 Å². The van der Waals surface area contributed by atoms with Crippen LogP contribution >= 0.6 is 11.6 Å². The fourth-order valence-electron chi connectivity index (χ4n) is 2.82. The maximum absolute atomic E-state index is 10.3. The molecule has 0 spiro atoms.